The second kappa shape index (κ2) is 11.7. The molecule has 4 aromatic rings. The fourth-order valence-electron chi connectivity index (χ4n) is 3.75. The number of hydrogen-bond acceptors (Lipinski definition) is 12. The molecule has 0 radical (unpaired) electrons. The van der Waals surface area contributed by atoms with Gasteiger partial charge in [-0.2, -0.15) is 4.98 Å². The lowest BCUT2D eigenvalue weighted by molar-refractivity contribution is -0.124. The normalized spacial score (nSPS) is 11.8. The van der Waals surface area contributed by atoms with Crippen LogP contribution in [0.2, 0.25) is 0 Å². The topological polar surface area (TPSA) is 175 Å². The summed E-state index contributed by atoms with van der Waals surface area (Å²) in [7, 11) is 0. The number of nitrogens with zero attached hydrogens (tertiary/aromatic N) is 4. The molecule has 0 aliphatic carbocycles. The fraction of sp³-hybridized carbons (Fsp3) is 0.292. The number of fused-ring (bicyclic) bond motifs is 1. The molecule has 37 heavy (non-hydrogen) atoms. The van der Waals surface area contributed by atoms with Crippen molar-refractivity contribution in [1.82, 2.24) is 20.1 Å². The highest BCUT2D eigenvalue weighted by Crippen LogP contribution is 2.28. The minimum atomic E-state index is -0.814. The van der Waals surface area contributed by atoms with Gasteiger partial charge in [0.25, 0.3) is 0 Å². The summed E-state index contributed by atoms with van der Waals surface area (Å²) in [5.41, 5.74) is 6.87. The van der Waals surface area contributed by atoms with E-state index in [4.69, 9.17) is 10.3 Å². The number of anilines is 2. The number of carbonyl (C=O) groups excluding carboxylic acids is 3. The maximum Gasteiger partial charge on any atom is 0.357 e. The minimum absolute atomic E-state index is 0.0565. The summed E-state index contributed by atoms with van der Waals surface area (Å²) in [6, 6.07) is 7.39. The zero-order valence-corrected chi connectivity index (χ0v) is 21.0. The van der Waals surface area contributed by atoms with Gasteiger partial charge < -0.3 is 25.6 Å². The van der Waals surface area contributed by atoms with E-state index in [0.717, 1.165) is 27.7 Å². The number of nitrogens with two attached hydrogens (primary N) is 1. The smallest absolute Gasteiger partial charge is 0.357 e. The molecule has 3 heterocycles. The summed E-state index contributed by atoms with van der Waals surface area (Å²) >= 11 is 0.939. The third kappa shape index (κ3) is 6.32. The molecule has 0 aliphatic heterocycles. The van der Waals surface area contributed by atoms with Crippen molar-refractivity contribution >= 4 is 51.4 Å². The van der Waals surface area contributed by atoms with Crippen LogP contribution in [-0.2, 0) is 14.3 Å². The molecule has 1 aromatic carbocycles. The molecule has 3 aromatic heterocycles. The highest BCUT2D eigenvalue weighted by molar-refractivity contribution is 7.17. The summed E-state index contributed by atoms with van der Waals surface area (Å²) < 4.78 is 9.47. The maximum absolute atomic E-state index is 12.9. The predicted octanol–water partition coefficient (Wildman–Crippen LogP) is 3.22. The standard InChI is InChI=1S/C24H25N7O5S/c1-13-20(23(34)35-12-32)37-24(27-13)30-19(33)11-17(4-3-8-25)29-22-18-10-16(21-28-14(2)36-31-21)6-5-15(18)7-9-26-22/h5-7,9-10,12,17H,3-4,8,11,25H2,1-2H3,(H,26,29)(H,27,30,33)/t17-/m0/s1. The number of esters is 1. The van der Waals surface area contributed by atoms with E-state index in [1.807, 2.05) is 24.3 Å². The van der Waals surface area contributed by atoms with Crippen molar-refractivity contribution in [2.24, 2.45) is 5.73 Å². The van der Waals surface area contributed by atoms with Gasteiger partial charge in [0.2, 0.25) is 17.6 Å². The SMILES string of the molecule is Cc1nc(-c2ccc3ccnc(N[C@@H](CCCN)CC(=O)Nc4nc(C)c(C(=O)OC=O)s4)c3c2)no1. The van der Waals surface area contributed by atoms with Gasteiger partial charge in [0.05, 0.1) is 5.69 Å². The number of nitrogens with one attached hydrogen (secondary N) is 2. The van der Waals surface area contributed by atoms with E-state index in [0.29, 0.717) is 42.6 Å². The summed E-state index contributed by atoms with van der Waals surface area (Å²) in [6.07, 6.45) is 3.12. The van der Waals surface area contributed by atoms with Crippen LogP contribution in [0.5, 0.6) is 0 Å². The molecule has 4 N–H and O–H groups in total. The number of benzene rings is 1. The van der Waals surface area contributed by atoms with Crippen molar-refractivity contribution in [1.29, 1.82) is 0 Å². The Kier molecular flexibility index (Phi) is 8.15. The molecular formula is C24H25N7O5S. The van der Waals surface area contributed by atoms with Gasteiger partial charge >= 0.3 is 12.4 Å². The molecule has 0 bridgehead atoms. The Morgan fingerprint density at radius 2 is 2.08 bits per heavy atom. The molecule has 0 saturated heterocycles. The Labute approximate surface area is 215 Å². The van der Waals surface area contributed by atoms with E-state index < -0.39 is 5.97 Å². The highest BCUT2D eigenvalue weighted by atomic mass is 32.1. The second-order valence-corrected chi connectivity index (χ2v) is 9.19. The first kappa shape index (κ1) is 25.9. The van der Waals surface area contributed by atoms with Crippen molar-refractivity contribution in [2.75, 3.05) is 17.2 Å². The number of aromatic nitrogens is 4. The van der Waals surface area contributed by atoms with Crippen molar-refractivity contribution in [3.05, 3.63) is 46.9 Å². The average molecular weight is 524 g/mol. The van der Waals surface area contributed by atoms with E-state index in [9.17, 15) is 14.4 Å². The zero-order chi connectivity index (χ0) is 26.4. The molecule has 192 valence electrons. The lowest BCUT2D eigenvalue weighted by atomic mass is 10.0. The summed E-state index contributed by atoms with van der Waals surface area (Å²) in [5.74, 6) is 0.435. The number of ether oxygens (including phenoxy) is 1. The second-order valence-electron chi connectivity index (χ2n) is 8.19. The lowest BCUT2D eigenvalue weighted by Gasteiger charge is -2.20. The van der Waals surface area contributed by atoms with Crippen LogP contribution in [0.15, 0.2) is 35.0 Å². The number of aryl methyl sites for hydroxylation is 2. The Bertz CT molecular complexity index is 1430. The fourth-order valence-corrected chi connectivity index (χ4v) is 4.62. The van der Waals surface area contributed by atoms with E-state index in [2.05, 4.69) is 35.5 Å². The predicted molar refractivity (Wildman–Crippen MR) is 137 cm³/mol. The van der Waals surface area contributed by atoms with Gasteiger partial charge in [-0.05, 0) is 43.8 Å². The third-order valence-corrected chi connectivity index (χ3v) is 6.52. The molecule has 4 rings (SSSR count). The molecule has 0 spiro atoms. The van der Waals surface area contributed by atoms with Crippen molar-refractivity contribution in [2.45, 2.75) is 39.2 Å². The van der Waals surface area contributed by atoms with E-state index in [-0.39, 0.29) is 34.9 Å². The van der Waals surface area contributed by atoms with Crippen LogP contribution in [0.4, 0.5) is 10.9 Å². The Morgan fingerprint density at radius 3 is 2.81 bits per heavy atom. The first-order valence-electron chi connectivity index (χ1n) is 11.5. The lowest BCUT2D eigenvalue weighted by Crippen LogP contribution is -2.27. The van der Waals surface area contributed by atoms with Crippen LogP contribution in [0.25, 0.3) is 22.2 Å². The molecule has 12 nitrogen and oxygen atoms in total. The molecular weight excluding hydrogens is 498 g/mol. The van der Waals surface area contributed by atoms with Gasteiger partial charge in [0, 0.05) is 36.5 Å². The average Bonchev–Trinajstić information content (AvgIpc) is 3.47. The van der Waals surface area contributed by atoms with Gasteiger partial charge in [-0.25, -0.2) is 14.8 Å². The number of pyridine rings is 1. The molecule has 0 saturated carbocycles. The van der Waals surface area contributed by atoms with Crippen LogP contribution in [0, 0.1) is 13.8 Å². The number of hydrogen-bond donors (Lipinski definition) is 3. The Hall–Kier alpha value is -4.23. The zero-order valence-electron chi connectivity index (χ0n) is 20.2. The maximum atomic E-state index is 12.9. The molecule has 1 atom stereocenters. The summed E-state index contributed by atoms with van der Waals surface area (Å²) in [5, 5.41) is 12.1. The van der Waals surface area contributed by atoms with Gasteiger partial charge in [-0.3, -0.25) is 9.59 Å². The minimum Gasteiger partial charge on any atom is -0.391 e. The largest absolute Gasteiger partial charge is 0.391 e. The van der Waals surface area contributed by atoms with Gasteiger partial charge in [0.15, 0.2) is 5.13 Å². The summed E-state index contributed by atoms with van der Waals surface area (Å²) in [6.45, 7) is 3.85. The molecule has 0 unspecified atom stereocenters. The number of thiazole rings is 1. The monoisotopic (exact) mass is 523 g/mol. The van der Waals surface area contributed by atoms with Crippen molar-refractivity contribution in [3.8, 4) is 11.4 Å². The van der Waals surface area contributed by atoms with Gasteiger partial charge in [-0.1, -0.05) is 28.6 Å². The summed E-state index contributed by atoms with van der Waals surface area (Å²) in [4.78, 5) is 48.3. The van der Waals surface area contributed by atoms with Crippen molar-refractivity contribution in [3.63, 3.8) is 0 Å². The number of amides is 1. The van der Waals surface area contributed by atoms with Crippen LogP contribution in [0.1, 0.15) is 40.5 Å². The molecule has 0 fully saturated rings. The number of rotatable bonds is 11. The first-order valence-corrected chi connectivity index (χ1v) is 12.3. The molecule has 13 heteroatoms. The van der Waals surface area contributed by atoms with Crippen LogP contribution in [0.3, 0.4) is 0 Å². The quantitative estimate of drug-likeness (QED) is 0.149. The van der Waals surface area contributed by atoms with Crippen molar-refractivity contribution < 1.29 is 23.6 Å². The van der Waals surface area contributed by atoms with E-state index >= 15 is 0 Å². The van der Waals surface area contributed by atoms with Gasteiger partial charge in [0.1, 0.15) is 10.7 Å². The van der Waals surface area contributed by atoms with Crippen LogP contribution < -0.4 is 16.4 Å². The first-order chi connectivity index (χ1) is 17.9. The molecule has 1 amide bonds. The van der Waals surface area contributed by atoms with E-state index in [1.54, 1.807) is 20.0 Å². The Morgan fingerprint density at radius 1 is 1.24 bits per heavy atom. The highest BCUT2D eigenvalue weighted by Gasteiger charge is 2.20. The number of carbonyl (C=O) groups is 3. The van der Waals surface area contributed by atoms with Crippen LogP contribution >= 0.6 is 11.3 Å². The third-order valence-electron chi connectivity index (χ3n) is 5.46. The van der Waals surface area contributed by atoms with E-state index in [1.165, 1.54) is 0 Å². The molecule has 0 aliphatic rings. The Balaban J connectivity index is 1.52. The van der Waals surface area contributed by atoms with Crippen LogP contribution in [-0.4, -0.2) is 51.0 Å². The van der Waals surface area contributed by atoms with Gasteiger partial charge in [-0.15, -0.1) is 0 Å².